The first-order valence-electron chi connectivity index (χ1n) is 13.7. The summed E-state index contributed by atoms with van der Waals surface area (Å²) in [6.45, 7) is 6.18. The zero-order valence-corrected chi connectivity index (χ0v) is 24.2. The second-order valence-electron chi connectivity index (χ2n) is 10.2. The molecule has 2 heterocycles. The summed E-state index contributed by atoms with van der Waals surface area (Å²) in [5, 5.41) is 0.703. The largest absolute Gasteiger partial charge is 0.432 e. The Balaban J connectivity index is 1.09. The molecule has 41 heavy (non-hydrogen) atoms. The highest BCUT2D eigenvalue weighted by Crippen LogP contribution is 2.28. The maximum Gasteiger partial charge on any atom is 0.244 e. The van der Waals surface area contributed by atoms with E-state index >= 15 is 0 Å². The number of rotatable bonds is 10. The van der Waals surface area contributed by atoms with Crippen LogP contribution in [0.5, 0.6) is 0 Å². The number of carbonyl (C=O) groups excluding carboxylic acids is 4. The standard InChI is InChI=1S/C30H31N5O5S/c1-4-18-7-9-19(10-8-18)30-34-24-22(36)15-21(27(39)28(24)40-30)32-12-6-14-35(3)13-5-11-31-20-16-23(37)29-25(26(20)38)33-17(2)41-29/h7-10H,4-6,11-16H2,1-3H3. The molecule has 0 fully saturated rings. The van der Waals surface area contributed by atoms with Crippen molar-refractivity contribution in [2.45, 2.75) is 46.0 Å². The van der Waals surface area contributed by atoms with Crippen LogP contribution in [-0.2, 0) is 6.42 Å². The number of aromatic nitrogens is 2. The van der Waals surface area contributed by atoms with Crippen LogP contribution in [-0.4, -0.2) is 82.7 Å². The number of aliphatic imine (C=N–C) groups is 2. The van der Waals surface area contributed by atoms with Gasteiger partial charge in [0.1, 0.15) is 10.6 Å². The van der Waals surface area contributed by atoms with Gasteiger partial charge >= 0.3 is 0 Å². The van der Waals surface area contributed by atoms with Gasteiger partial charge in [-0.3, -0.25) is 29.2 Å². The lowest BCUT2D eigenvalue weighted by Gasteiger charge is -2.16. The van der Waals surface area contributed by atoms with Gasteiger partial charge in [0.2, 0.25) is 23.2 Å². The summed E-state index contributed by atoms with van der Waals surface area (Å²) in [4.78, 5) is 70.4. The zero-order chi connectivity index (χ0) is 29.1. The topological polar surface area (TPSA) is 135 Å². The minimum absolute atomic E-state index is 0.0346. The summed E-state index contributed by atoms with van der Waals surface area (Å²) in [5.74, 6) is -0.764. The monoisotopic (exact) mass is 573 g/mol. The van der Waals surface area contributed by atoms with Gasteiger partial charge in [0.05, 0.1) is 29.3 Å². The number of hydrogen-bond acceptors (Lipinski definition) is 11. The Morgan fingerprint density at radius 2 is 1.51 bits per heavy atom. The second-order valence-corrected chi connectivity index (χ2v) is 11.4. The number of benzene rings is 1. The second kappa shape index (κ2) is 12.3. The maximum absolute atomic E-state index is 13.0. The van der Waals surface area contributed by atoms with E-state index in [0.29, 0.717) is 35.0 Å². The molecule has 10 nitrogen and oxygen atoms in total. The smallest absolute Gasteiger partial charge is 0.244 e. The van der Waals surface area contributed by atoms with Crippen molar-refractivity contribution in [2.24, 2.45) is 9.98 Å². The molecule has 212 valence electrons. The first-order chi connectivity index (χ1) is 19.7. The van der Waals surface area contributed by atoms with Gasteiger partial charge in [-0.25, -0.2) is 9.97 Å². The average Bonchev–Trinajstić information content (AvgIpc) is 3.59. The lowest BCUT2D eigenvalue weighted by atomic mass is 9.97. The highest BCUT2D eigenvalue weighted by atomic mass is 32.1. The summed E-state index contributed by atoms with van der Waals surface area (Å²) in [6.07, 6.45) is 2.29. The molecule has 0 atom stereocenters. The molecular weight excluding hydrogens is 542 g/mol. The Kier molecular flexibility index (Phi) is 8.55. The number of oxazole rings is 1. The summed E-state index contributed by atoms with van der Waals surface area (Å²) < 4.78 is 5.73. The van der Waals surface area contributed by atoms with Crippen LogP contribution in [0.1, 0.15) is 84.4 Å². The normalized spacial score (nSPS) is 17.2. The van der Waals surface area contributed by atoms with Gasteiger partial charge in [-0.05, 0) is 64.0 Å². The molecule has 2 aromatic heterocycles. The van der Waals surface area contributed by atoms with Crippen molar-refractivity contribution >= 4 is 45.9 Å². The fourth-order valence-electron chi connectivity index (χ4n) is 4.81. The molecule has 1 aromatic carbocycles. The molecule has 2 aliphatic rings. The summed E-state index contributed by atoms with van der Waals surface area (Å²) in [5.41, 5.74) is 2.69. The molecule has 0 amide bonds. The van der Waals surface area contributed by atoms with E-state index in [1.165, 1.54) is 16.9 Å². The number of hydrogen-bond donors (Lipinski definition) is 0. The van der Waals surface area contributed by atoms with Gasteiger partial charge in [0, 0.05) is 18.7 Å². The van der Waals surface area contributed by atoms with Crippen LogP contribution < -0.4 is 0 Å². The number of nitrogens with zero attached hydrogens (tertiary/aromatic N) is 5. The van der Waals surface area contributed by atoms with E-state index < -0.39 is 0 Å². The fourth-order valence-corrected chi connectivity index (χ4v) is 5.67. The first-order valence-corrected chi connectivity index (χ1v) is 14.5. The van der Waals surface area contributed by atoms with Crippen molar-refractivity contribution in [3.05, 3.63) is 56.9 Å². The molecule has 3 aromatic rings. The maximum atomic E-state index is 13.0. The van der Waals surface area contributed by atoms with Crippen molar-refractivity contribution < 1.29 is 23.6 Å². The number of aryl methyl sites for hydroxylation is 2. The number of fused-ring (bicyclic) bond motifs is 2. The molecule has 0 unspecified atom stereocenters. The Labute approximate surface area is 241 Å². The first kappa shape index (κ1) is 28.6. The zero-order valence-electron chi connectivity index (χ0n) is 23.4. The lowest BCUT2D eigenvalue weighted by molar-refractivity contribution is 0.0949. The van der Waals surface area contributed by atoms with Crippen molar-refractivity contribution in [1.82, 2.24) is 14.9 Å². The minimum Gasteiger partial charge on any atom is -0.432 e. The quantitative estimate of drug-likeness (QED) is 0.324. The summed E-state index contributed by atoms with van der Waals surface area (Å²) in [6, 6.07) is 7.69. The molecule has 2 aliphatic carbocycles. The molecule has 0 saturated heterocycles. The predicted octanol–water partition coefficient (Wildman–Crippen LogP) is 4.50. The summed E-state index contributed by atoms with van der Waals surface area (Å²) >= 11 is 1.26. The van der Waals surface area contributed by atoms with Crippen LogP contribution >= 0.6 is 11.3 Å². The Bertz CT molecular complexity index is 1580. The third kappa shape index (κ3) is 6.20. The molecule has 0 radical (unpaired) electrons. The molecule has 0 saturated carbocycles. The van der Waals surface area contributed by atoms with Gasteiger partial charge in [-0.2, -0.15) is 0 Å². The Hall–Kier alpha value is -3.96. The number of thiazole rings is 1. The Morgan fingerprint density at radius 3 is 2.17 bits per heavy atom. The Morgan fingerprint density at radius 1 is 0.878 bits per heavy atom. The van der Waals surface area contributed by atoms with Gasteiger partial charge in [0.15, 0.2) is 17.3 Å². The molecule has 11 heteroatoms. The SMILES string of the molecule is CCc1ccc(-c2nc3c(o2)C(=O)C(=NCCCN(C)CCCN=C2CC(=O)c4sc(C)nc4C2=O)CC3=O)cc1. The van der Waals surface area contributed by atoms with Gasteiger partial charge < -0.3 is 9.32 Å². The van der Waals surface area contributed by atoms with Crippen LogP contribution in [0, 0.1) is 6.92 Å². The molecule has 5 rings (SSSR count). The van der Waals surface area contributed by atoms with Crippen LogP contribution in [0.4, 0.5) is 0 Å². The van der Waals surface area contributed by atoms with Crippen molar-refractivity contribution in [3.63, 3.8) is 0 Å². The molecule has 0 aliphatic heterocycles. The van der Waals surface area contributed by atoms with Gasteiger partial charge in [-0.15, -0.1) is 11.3 Å². The highest BCUT2D eigenvalue weighted by Gasteiger charge is 2.35. The van der Waals surface area contributed by atoms with E-state index in [4.69, 9.17) is 4.42 Å². The van der Waals surface area contributed by atoms with Crippen LogP contribution in [0.2, 0.25) is 0 Å². The average molecular weight is 574 g/mol. The van der Waals surface area contributed by atoms with Crippen LogP contribution in [0.15, 0.2) is 38.7 Å². The van der Waals surface area contributed by atoms with Gasteiger partial charge in [0.25, 0.3) is 0 Å². The van der Waals surface area contributed by atoms with Crippen molar-refractivity contribution in [1.29, 1.82) is 0 Å². The number of ketones is 4. The number of Topliss-reactive ketones (excluding diaryl/α,β-unsaturated/α-hetero) is 4. The van der Waals surface area contributed by atoms with E-state index in [0.717, 1.165) is 25.9 Å². The van der Waals surface area contributed by atoms with Crippen LogP contribution in [0.3, 0.4) is 0 Å². The van der Waals surface area contributed by atoms with E-state index in [1.54, 1.807) is 6.92 Å². The van der Waals surface area contributed by atoms with E-state index in [-0.39, 0.29) is 70.4 Å². The minimum atomic E-state index is -0.383. The summed E-state index contributed by atoms with van der Waals surface area (Å²) in [7, 11) is 1.98. The van der Waals surface area contributed by atoms with Crippen molar-refractivity contribution in [3.8, 4) is 11.5 Å². The van der Waals surface area contributed by atoms with E-state index in [9.17, 15) is 19.2 Å². The van der Waals surface area contributed by atoms with Crippen LogP contribution in [0.25, 0.3) is 11.5 Å². The molecule has 0 spiro atoms. The third-order valence-electron chi connectivity index (χ3n) is 7.09. The molecule has 0 N–H and O–H groups in total. The van der Waals surface area contributed by atoms with Gasteiger partial charge in [-0.1, -0.05) is 19.1 Å². The van der Waals surface area contributed by atoms with E-state index in [1.807, 2.05) is 31.3 Å². The highest BCUT2D eigenvalue weighted by molar-refractivity contribution is 7.14. The lowest BCUT2D eigenvalue weighted by Crippen LogP contribution is -2.27. The van der Waals surface area contributed by atoms with E-state index in [2.05, 4.69) is 31.8 Å². The van der Waals surface area contributed by atoms with Crippen molar-refractivity contribution in [2.75, 3.05) is 33.2 Å². The molecular formula is C30H31N5O5S. The number of carbonyl (C=O) groups is 4. The fraction of sp³-hybridized carbons (Fsp3) is 0.400. The third-order valence-corrected chi connectivity index (χ3v) is 8.10. The predicted molar refractivity (Wildman–Crippen MR) is 156 cm³/mol. The molecule has 0 bridgehead atoms.